The largest absolute Gasteiger partial charge is 0.469 e. The topological polar surface area (TPSA) is 49.9 Å². The fourth-order valence-corrected chi connectivity index (χ4v) is 0.996. The number of carbonyl (C=O) groups is 2. The van der Waals surface area contributed by atoms with Crippen molar-refractivity contribution in [2.45, 2.75) is 12.8 Å². The van der Waals surface area contributed by atoms with E-state index in [1.807, 2.05) is 19.0 Å². The van der Waals surface area contributed by atoms with E-state index in [1.165, 1.54) is 7.11 Å². The molecular formula is C10H20N2O3. The van der Waals surface area contributed by atoms with Gasteiger partial charge in [-0.05, 0) is 14.1 Å². The molecule has 0 aromatic rings. The number of carbonyl (C=O) groups excluding carboxylic acids is 2. The fourth-order valence-electron chi connectivity index (χ4n) is 0.996. The minimum absolute atomic E-state index is 0.0487. The predicted octanol–water partition coefficient (Wildman–Crippen LogP) is -0.0404. The monoisotopic (exact) mass is 216 g/mol. The molecule has 0 rings (SSSR count). The molecular weight excluding hydrogens is 196 g/mol. The lowest BCUT2D eigenvalue weighted by Crippen LogP contribution is -2.31. The first-order valence-electron chi connectivity index (χ1n) is 4.93. The van der Waals surface area contributed by atoms with Gasteiger partial charge in [-0.1, -0.05) is 0 Å². The zero-order valence-corrected chi connectivity index (χ0v) is 9.95. The van der Waals surface area contributed by atoms with E-state index >= 15 is 0 Å². The fraction of sp³-hybridized carbons (Fsp3) is 0.800. The average Bonchev–Trinajstić information content (AvgIpc) is 2.21. The third-order valence-corrected chi connectivity index (χ3v) is 2.08. The van der Waals surface area contributed by atoms with Crippen molar-refractivity contribution < 1.29 is 14.3 Å². The highest BCUT2D eigenvalue weighted by Gasteiger charge is 2.10. The van der Waals surface area contributed by atoms with Crippen LogP contribution in [-0.4, -0.2) is 63.0 Å². The molecule has 0 bridgehead atoms. The standard InChI is InChI=1S/C10H20N2O3/c1-11(2)7-5-9(13)12(3)8-6-10(14)15-4/h5-8H2,1-4H3. The molecule has 1 amide bonds. The Kier molecular flexibility index (Phi) is 6.70. The van der Waals surface area contributed by atoms with Crippen LogP contribution in [0.1, 0.15) is 12.8 Å². The van der Waals surface area contributed by atoms with Crippen molar-refractivity contribution in [3.8, 4) is 0 Å². The summed E-state index contributed by atoms with van der Waals surface area (Å²) in [5, 5.41) is 0. The Bertz CT molecular complexity index is 217. The zero-order chi connectivity index (χ0) is 11.8. The number of rotatable bonds is 6. The second kappa shape index (κ2) is 7.23. The van der Waals surface area contributed by atoms with Gasteiger partial charge in [0.25, 0.3) is 0 Å². The Morgan fingerprint density at radius 3 is 2.13 bits per heavy atom. The molecule has 0 aromatic heterocycles. The summed E-state index contributed by atoms with van der Waals surface area (Å²) in [6.45, 7) is 1.14. The van der Waals surface area contributed by atoms with Crippen LogP contribution >= 0.6 is 0 Å². The highest BCUT2D eigenvalue weighted by Crippen LogP contribution is 1.95. The quantitative estimate of drug-likeness (QED) is 0.585. The normalized spacial score (nSPS) is 10.2. The Morgan fingerprint density at radius 2 is 1.67 bits per heavy atom. The molecule has 0 spiro atoms. The minimum atomic E-state index is -0.290. The smallest absolute Gasteiger partial charge is 0.307 e. The van der Waals surface area contributed by atoms with E-state index in [2.05, 4.69) is 4.74 Å². The minimum Gasteiger partial charge on any atom is -0.469 e. The zero-order valence-electron chi connectivity index (χ0n) is 9.95. The van der Waals surface area contributed by atoms with Gasteiger partial charge in [-0.3, -0.25) is 9.59 Å². The first-order chi connectivity index (χ1) is 6.97. The second-order valence-corrected chi connectivity index (χ2v) is 3.69. The molecule has 0 atom stereocenters. The average molecular weight is 216 g/mol. The van der Waals surface area contributed by atoms with Crippen LogP contribution in [0.3, 0.4) is 0 Å². The van der Waals surface area contributed by atoms with E-state index in [4.69, 9.17) is 0 Å². The van der Waals surface area contributed by atoms with Gasteiger partial charge in [-0.15, -0.1) is 0 Å². The van der Waals surface area contributed by atoms with Crippen molar-refractivity contribution in [3.05, 3.63) is 0 Å². The number of esters is 1. The van der Waals surface area contributed by atoms with Crippen molar-refractivity contribution in [2.24, 2.45) is 0 Å². The molecule has 0 aliphatic rings. The Labute approximate surface area is 91.0 Å². The van der Waals surface area contributed by atoms with Crippen LogP contribution < -0.4 is 0 Å². The maximum absolute atomic E-state index is 11.5. The predicted molar refractivity (Wildman–Crippen MR) is 57.4 cm³/mol. The number of hydrogen-bond acceptors (Lipinski definition) is 4. The van der Waals surface area contributed by atoms with Gasteiger partial charge < -0.3 is 14.5 Å². The molecule has 0 saturated carbocycles. The van der Waals surface area contributed by atoms with Crippen molar-refractivity contribution in [2.75, 3.05) is 41.3 Å². The van der Waals surface area contributed by atoms with Gasteiger partial charge in [0.1, 0.15) is 0 Å². The third-order valence-electron chi connectivity index (χ3n) is 2.08. The van der Waals surface area contributed by atoms with E-state index in [9.17, 15) is 9.59 Å². The highest BCUT2D eigenvalue weighted by molar-refractivity contribution is 5.77. The summed E-state index contributed by atoms with van der Waals surface area (Å²) in [5.41, 5.74) is 0. The van der Waals surface area contributed by atoms with Crippen molar-refractivity contribution in [1.29, 1.82) is 0 Å². The molecule has 5 heteroatoms. The van der Waals surface area contributed by atoms with E-state index in [0.29, 0.717) is 13.0 Å². The van der Waals surface area contributed by atoms with Crippen LogP contribution in [-0.2, 0) is 14.3 Å². The van der Waals surface area contributed by atoms with E-state index in [0.717, 1.165) is 6.54 Å². The molecule has 88 valence electrons. The number of methoxy groups -OCH3 is 1. The number of hydrogen-bond donors (Lipinski definition) is 0. The maximum Gasteiger partial charge on any atom is 0.307 e. The van der Waals surface area contributed by atoms with Gasteiger partial charge in [-0.25, -0.2) is 0 Å². The van der Waals surface area contributed by atoms with Crippen molar-refractivity contribution in [1.82, 2.24) is 9.80 Å². The summed E-state index contributed by atoms with van der Waals surface area (Å²) in [6.07, 6.45) is 0.728. The van der Waals surface area contributed by atoms with Crippen LogP contribution in [0, 0.1) is 0 Å². The van der Waals surface area contributed by atoms with Gasteiger partial charge in [-0.2, -0.15) is 0 Å². The van der Waals surface area contributed by atoms with Gasteiger partial charge in [0, 0.05) is 26.6 Å². The van der Waals surface area contributed by atoms with E-state index in [-0.39, 0.29) is 18.3 Å². The van der Waals surface area contributed by atoms with Crippen LogP contribution in [0.5, 0.6) is 0 Å². The summed E-state index contributed by atoms with van der Waals surface area (Å²) < 4.78 is 4.49. The summed E-state index contributed by atoms with van der Waals surface area (Å²) in [5.74, 6) is -0.241. The molecule has 0 aromatic carbocycles. The third kappa shape index (κ3) is 6.90. The lowest BCUT2D eigenvalue weighted by molar-refractivity contribution is -0.141. The van der Waals surface area contributed by atoms with Crippen molar-refractivity contribution >= 4 is 11.9 Å². The SMILES string of the molecule is COC(=O)CCN(C)C(=O)CCN(C)C. The lowest BCUT2D eigenvalue weighted by Gasteiger charge is -2.17. The molecule has 0 radical (unpaired) electrons. The summed E-state index contributed by atoms with van der Waals surface area (Å²) in [7, 11) is 6.88. The lowest BCUT2D eigenvalue weighted by atomic mass is 10.3. The molecule has 0 heterocycles. The molecule has 0 aliphatic heterocycles. The molecule has 15 heavy (non-hydrogen) atoms. The van der Waals surface area contributed by atoms with Gasteiger partial charge in [0.05, 0.1) is 13.5 Å². The molecule has 0 unspecified atom stereocenters. The molecule has 5 nitrogen and oxygen atoms in total. The Hall–Kier alpha value is -1.10. The van der Waals surface area contributed by atoms with Crippen molar-refractivity contribution in [3.63, 3.8) is 0 Å². The first kappa shape index (κ1) is 13.9. The van der Waals surface area contributed by atoms with Crippen LogP contribution in [0.2, 0.25) is 0 Å². The summed E-state index contributed by atoms with van der Waals surface area (Å²) in [6, 6.07) is 0. The Morgan fingerprint density at radius 1 is 1.07 bits per heavy atom. The molecule has 0 saturated heterocycles. The molecule has 0 N–H and O–H groups in total. The van der Waals surface area contributed by atoms with Gasteiger partial charge >= 0.3 is 5.97 Å². The maximum atomic E-state index is 11.5. The van der Waals surface area contributed by atoms with Crippen LogP contribution in [0.4, 0.5) is 0 Å². The van der Waals surface area contributed by atoms with Gasteiger partial charge in [0.15, 0.2) is 0 Å². The van der Waals surface area contributed by atoms with E-state index in [1.54, 1.807) is 11.9 Å². The second-order valence-electron chi connectivity index (χ2n) is 3.69. The summed E-state index contributed by atoms with van der Waals surface area (Å²) in [4.78, 5) is 25.8. The molecule has 0 aliphatic carbocycles. The Balaban J connectivity index is 3.74. The van der Waals surface area contributed by atoms with Gasteiger partial charge in [0.2, 0.25) is 5.91 Å². The molecule has 0 fully saturated rings. The summed E-state index contributed by atoms with van der Waals surface area (Å²) >= 11 is 0. The number of amides is 1. The number of ether oxygens (including phenoxy) is 1. The highest BCUT2D eigenvalue weighted by atomic mass is 16.5. The number of nitrogens with zero attached hydrogens (tertiary/aromatic N) is 2. The van der Waals surface area contributed by atoms with Crippen LogP contribution in [0.15, 0.2) is 0 Å². The van der Waals surface area contributed by atoms with Crippen LogP contribution in [0.25, 0.3) is 0 Å². The van der Waals surface area contributed by atoms with E-state index < -0.39 is 0 Å². The first-order valence-corrected chi connectivity index (χ1v) is 4.93.